The zero-order valence-corrected chi connectivity index (χ0v) is 17.3. The van der Waals surface area contributed by atoms with Gasteiger partial charge in [0.2, 0.25) is 0 Å². The zero-order valence-electron chi connectivity index (χ0n) is 17.3. The van der Waals surface area contributed by atoms with Crippen molar-refractivity contribution in [2.24, 2.45) is 0 Å². The van der Waals surface area contributed by atoms with Crippen LogP contribution in [-0.4, -0.2) is 48.0 Å². The monoisotopic (exact) mass is 375 g/mol. The third kappa shape index (κ3) is 4.95. The summed E-state index contributed by atoms with van der Waals surface area (Å²) in [6, 6.07) is 8.28. The summed E-state index contributed by atoms with van der Waals surface area (Å²) in [6.07, 6.45) is 2.55. The normalized spacial score (nSPS) is 21.7. The molecule has 1 spiro atoms. The van der Waals surface area contributed by atoms with Crippen LogP contribution in [0.25, 0.3) is 0 Å². The number of para-hydroxylation sites is 1. The Morgan fingerprint density at radius 1 is 1.26 bits per heavy atom. The van der Waals surface area contributed by atoms with Crippen molar-refractivity contribution in [3.05, 3.63) is 29.8 Å². The first-order valence-electron chi connectivity index (χ1n) is 10.0. The number of carbonyl (C=O) groups is 1. The molecular formula is C22H33NO4. The summed E-state index contributed by atoms with van der Waals surface area (Å²) >= 11 is 0. The number of rotatable bonds is 3. The molecule has 1 aromatic rings. The Balaban J connectivity index is 1.69. The smallest absolute Gasteiger partial charge is 0.410 e. The number of fused-ring (bicyclic) bond motifs is 1. The van der Waals surface area contributed by atoms with Gasteiger partial charge in [0.15, 0.2) is 0 Å². The van der Waals surface area contributed by atoms with Crippen LogP contribution < -0.4 is 4.74 Å². The molecule has 0 radical (unpaired) electrons. The fourth-order valence-corrected chi connectivity index (χ4v) is 3.93. The van der Waals surface area contributed by atoms with Crippen LogP contribution in [0.2, 0.25) is 0 Å². The summed E-state index contributed by atoms with van der Waals surface area (Å²) in [6.45, 7) is 11.9. The first-order valence-corrected chi connectivity index (χ1v) is 10.0. The Kier molecular flexibility index (Phi) is 5.71. The molecule has 150 valence electrons. The van der Waals surface area contributed by atoms with Crippen molar-refractivity contribution in [1.82, 2.24) is 4.90 Å². The molecule has 0 N–H and O–H groups in total. The summed E-state index contributed by atoms with van der Waals surface area (Å²) in [7, 11) is 0. The molecule has 0 aliphatic carbocycles. The average Bonchev–Trinajstić information content (AvgIpc) is 2.58. The lowest BCUT2D eigenvalue weighted by molar-refractivity contribution is -0.0425. The highest BCUT2D eigenvalue weighted by Crippen LogP contribution is 2.45. The largest absolute Gasteiger partial charge is 0.487 e. The molecule has 27 heavy (non-hydrogen) atoms. The van der Waals surface area contributed by atoms with Gasteiger partial charge < -0.3 is 19.1 Å². The van der Waals surface area contributed by atoms with E-state index in [0.29, 0.717) is 25.6 Å². The molecule has 2 aliphatic rings. The van der Waals surface area contributed by atoms with Crippen molar-refractivity contribution in [2.45, 2.75) is 77.1 Å². The Labute approximate surface area is 163 Å². The number of hydrogen-bond acceptors (Lipinski definition) is 4. The van der Waals surface area contributed by atoms with Gasteiger partial charge in [-0.2, -0.15) is 0 Å². The number of carbonyl (C=O) groups excluding carboxylic acids is 1. The third-order valence-electron chi connectivity index (χ3n) is 5.26. The highest BCUT2D eigenvalue weighted by Gasteiger charge is 2.44. The number of hydrogen-bond donors (Lipinski definition) is 0. The van der Waals surface area contributed by atoms with E-state index in [0.717, 1.165) is 25.0 Å². The fourth-order valence-electron chi connectivity index (χ4n) is 3.93. The Hall–Kier alpha value is -1.75. The van der Waals surface area contributed by atoms with Crippen molar-refractivity contribution in [2.75, 3.05) is 19.7 Å². The molecule has 0 saturated carbocycles. The van der Waals surface area contributed by atoms with Gasteiger partial charge in [0.05, 0.1) is 12.7 Å². The Bertz CT molecular complexity index is 657. The standard InChI is InChI=1S/C22H33NO4/c1-16(2)25-15-17-14-22(26-19-9-7-6-8-18(17)19)10-12-23(13-11-22)20(24)27-21(3,4)5/h6-9,16-17H,10-15H2,1-5H3/t17-/m1/s1. The third-order valence-corrected chi connectivity index (χ3v) is 5.26. The molecule has 5 heteroatoms. The number of ether oxygens (including phenoxy) is 3. The van der Waals surface area contributed by atoms with E-state index in [1.807, 2.05) is 26.8 Å². The Morgan fingerprint density at radius 3 is 2.56 bits per heavy atom. The van der Waals surface area contributed by atoms with Crippen LogP contribution >= 0.6 is 0 Å². The minimum atomic E-state index is -0.466. The van der Waals surface area contributed by atoms with E-state index in [1.165, 1.54) is 5.56 Å². The van der Waals surface area contributed by atoms with Crippen LogP contribution in [0.3, 0.4) is 0 Å². The van der Waals surface area contributed by atoms with Gasteiger partial charge in [-0.3, -0.25) is 0 Å². The molecule has 1 fully saturated rings. The number of likely N-dealkylation sites (tertiary alicyclic amines) is 1. The molecule has 3 rings (SSSR count). The lowest BCUT2D eigenvalue weighted by atomic mass is 9.77. The lowest BCUT2D eigenvalue weighted by Gasteiger charge is -2.47. The van der Waals surface area contributed by atoms with Gasteiger partial charge in [-0.15, -0.1) is 0 Å². The second-order valence-corrected chi connectivity index (χ2v) is 9.07. The maximum Gasteiger partial charge on any atom is 0.410 e. The molecule has 1 amide bonds. The predicted octanol–water partition coefficient (Wildman–Crippen LogP) is 4.75. The van der Waals surface area contributed by atoms with Gasteiger partial charge in [-0.25, -0.2) is 4.79 Å². The SMILES string of the molecule is CC(C)OC[C@H]1CC2(CCN(C(=O)OC(C)(C)C)CC2)Oc2ccccc21. The second-order valence-electron chi connectivity index (χ2n) is 9.07. The molecule has 0 bridgehead atoms. The Morgan fingerprint density at radius 2 is 1.93 bits per heavy atom. The number of amides is 1. The molecule has 2 aliphatic heterocycles. The van der Waals surface area contributed by atoms with E-state index in [-0.39, 0.29) is 17.8 Å². The van der Waals surface area contributed by atoms with Gasteiger partial charge in [0.1, 0.15) is 17.0 Å². The number of piperidine rings is 1. The quantitative estimate of drug-likeness (QED) is 0.765. The maximum absolute atomic E-state index is 12.4. The maximum atomic E-state index is 12.4. The van der Waals surface area contributed by atoms with E-state index < -0.39 is 5.60 Å². The van der Waals surface area contributed by atoms with Crippen LogP contribution in [0.15, 0.2) is 24.3 Å². The van der Waals surface area contributed by atoms with E-state index >= 15 is 0 Å². The van der Waals surface area contributed by atoms with E-state index in [2.05, 4.69) is 32.0 Å². The van der Waals surface area contributed by atoms with Crippen LogP contribution in [0.1, 0.15) is 65.4 Å². The molecule has 0 aromatic heterocycles. The molecule has 1 atom stereocenters. The highest BCUT2D eigenvalue weighted by atomic mass is 16.6. The van der Waals surface area contributed by atoms with Crippen LogP contribution in [0.4, 0.5) is 4.79 Å². The summed E-state index contributed by atoms with van der Waals surface area (Å²) in [4.78, 5) is 14.2. The minimum Gasteiger partial charge on any atom is -0.487 e. The van der Waals surface area contributed by atoms with Crippen molar-refractivity contribution in [3.63, 3.8) is 0 Å². The van der Waals surface area contributed by atoms with E-state index in [4.69, 9.17) is 14.2 Å². The number of nitrogens with zero attached hydrogens (tertiary/aromatic N) is 1. The highest BCUT2D eigenvalue weighted by molar-refractivity contribution is 5.68. The molecule has 1 saturated heterocycles. The molecule has 5 nitrogen and oxygen atoms in total. The van der Waals surface area contributed by atoms with Crippen molar-refractivity contribution < 1.29 is 19.0 Å². The van der Waals surface area contributed by atoms with Crippen LogP contribution in [-0.2, 0) is 9.47 Å². The average molecular weight is 376 g/mol. The van der Waals surface area contributed by atoms with Crippen LogP contribution in [0, 0.1) is 0 Å². The molecule has 2 heterocycles. The minimum absolute atomic E-state index is 0.213. The lowest BCUT2D eigenvalue weighted by Crippen LogP contribution is -2.52. The van der Waals surface area contributed by atoms with Gasteiger partial charge in [-0.1, -0.05) is 18.2 Å². The zero-order chi connectivity index (χ0) is 19.7. The van der Waals surface area contributed by atoms with Crippen molar-refractivity contribution in [1.29, 1.82) is 0 Å². The van der Waals surface area contributed by atoms with E-state index in [9.17, 15) is 4.79 Å². The fraction of sp³-hybridized carbons (Fsp3) is 0.682. The van der Waals surface area contributed by atoms with Crippen molar-refractivity contribution >= 4 is 6.09 Å². The van der Waals surface area contributed by atoms with Gasteiger partial charge in [-0.05, 0) is 52.7 Å². The molecule has 0 unspecified atom stereocenters. The first-order chi connectivity index (χ1) is 12.7. The second kappa shape index (κ2) is 7.70. The summed E-state index contributed by atoms with van der Waals surface area (Å²) in [5.41, 5.74) is 0.544. The van der Waals surface area contributed by atoms with E-state index in [1.54, 1.807) is 4.90 Å². The van der Waals surface area contributed by atoms with Crippen LogP contribution in [0.5, 0.6) is 5.75 Å². The van der Waals surface area contributed by atoms with Gasteiger partial charge in [0.25, 0.3) is 0 Å². The topological polar surface area (TPSA) is 48.0 Å². The van der Waals surface area contributed by atoms with Gasteiger partial charge >= 0.3 is 6.09 Å². The van der Waals surface area contributed by atoms with Gasteiger partial charge in [0, 0.05) is 31.8 Å². The molecular weight excluding hydrogens is 342 g/mol. The van der Waals surface area contributed by atoms with Crippen molar-refractivity contribution in [3.8, 4) is 5.75 Å². The summed E-state index contributed by atoms with van der Waals surface area (Å²) in [5, 5.41) is 0. The number of benzene rings is 1. The summed E-state index contributed by atoms with van der Waals surface area (Å²) in [5.74, 6) is 1.29. The summed E-state index contributed by atoms with van der Waals surface area (Å²) < 4.78 is 18.0. The molecule has 1 aromatic carbocycles. The first kappa shape index (κ1) is 20.0. The predicted molar refractivity (Wildman–Crippen MR) is 105 cm³/mol.